The predicted octanol–water partition coefficient (Wildman–Crippen LogP) is 1.90. The molecule has 1 aromatic rings. The van der Waals surface area contributed by atoms with Crippen LogP contribution in [0.4, 0.5) is 11.4 Å². The third-order valence-electron chi connectivity index (χ3n) is 3.00. The van der Waals surface area contributed by atoms with Gasteiger partial charge in [0.15, 0.2) is 5.75 Å². The largest absolute Gasteiger partial charge is 0.485 e. The Hall–Kier alpha value is -1.82. The van der Waals surface area contributed by atoms with Crippen molar-refractivity contribution in [1.82, 2.24) is 4.90 Å². The quantitative estimate of drug-likeness (QED) is 0.492. The molecule has 0 saturated heterocycles. The number of benzene rings is 1. The molecule has 0 atom stereocenters. The van der Waals surface area contributed by atoms with Crippen LogP contribution in [0.5, 0.6) is 5.75 Å². The number of hydrogen-bond donors (Lipinski definition) is 1. The molecule has 6 heteroatoms. The van der Waals surface area contributed by atoms with Crippen LogP contribution in [-0.4, -0.2) is 36.1 Å². The number of likely N-dealkylation sites (N-methyl/N-ethyl adjacent to an activating group) is 1. The number of nitro benzene ring substituents is 1. The summed E-state index contributed by atoms with van der Waals surface area (Å²) in [7, 11) is 3.86. The molecule has 0 heterocycles. The highest BCUT2D eigenvalue weighted by Crippen LogP contribution is 2.33. The lowest BCUT2D eigenvalue weighted by molar-refractivity contribution is -0.385. The number of hydrogen-bond acceptors (Lipinski definition) is 5. The first-order chi connectivity index (χ1) is 8.25. The maximum atomic E-state index is 10.9. The maximum absolute atomic E-state index is 10.9. The molecule has 0 aliphatic rings. The Morgan fingerprint density at radius 3 is 2.56 bits per heavy atom. The summed E-state index contributed by atoms with van der Waals surface area (Å²) < 4.78 is 5.54. The van der Waals surface area contributed by atoms with Crippen molar-refractivity contribution in [1.29, 1.82) is 0 Å². The van der Waals surface area contributed by atoms with Crippen LogP contribution in [-0.2, 0) is 0 Å². The van der Waals surface area contributed by atoms with Crippen molar-refractivity contribution in [3.8, 4) is 5.75 Å². The molecule has 0 bridgehead atoms. The average Bonchev–Trinajstić information content (AvgIpc) is 2.25. The van der Waals surface area contributed by atoms with Crippen molar-refractivity contribution in [2.75, 3.05) is 26.4 Å². The van der Waals surface area contributed by atoms with Gasteiger partial charge in [-0.2, -0.15) is 0 Å². The average molecular weight is 253 g/mol. The highest BCUT2D eigenvalue weighted by molar-refractivity contribution is 5.65. The first kappa shape index (κ1) is 14.2. The fraction of sp³-hybridized carbons (Fsp3) is 0.500. The molecule has 0 saturated carbocycles. The number of para-hydroxylation sites is 1. The Morgan fingerprint density at radius 2 is 2.06 bits per heavy atom. The van der Waals surface area contributed by atoms with Gasteiger partial charge in [-0.25, -0.2) is 0 Å². The third kappa shape index (κ3) is 3.10. The smallest absolute Gasteiger partial charge is 0.333 e. The van der Waals surface area contributed by atoms with Gasteiger partial charge in [-0.15, -0.1) is 0 Å². The summed E-state index contributed by atoms with van der Waals surface area (Å²) in [5.74, 6) is 0.204. The van der Waals surface area contributed by atoms with E-state index in [2.05, 4.69) is 0 Å². The predicted molar refractivity (Wildman–Crippen MR) is 70.8 cm³/mol. The summed E-state index contributed by atoms with van der Waals surface area (Å²) in [5.41, 5.74) is 5.30. The number of nitrogen functional groups attached to an aromatic ring is 1. The Labute approximate surface area is 106 Å². The fourth-order valence-electron chi connectivity index (χ4n) is 1.23. The fourth-order valence-corrected chi connectivity index (χ4v) is 1.23. The van der Waals surface area contributed by atoms with E-state index in [1.165, 1.54) is 6.07 Å². The molecular weight excluding hydrogens is 234 g/mol. The number of ether oxygens (including phenoxy) is 1. The number of rotatable bonds is 5. The zero-order chi connectivity index (χ0) is 13.9. The number of nitrogens with two attached hydrogens (primary N) is 1. The summed E-state index contributed by atoms with van der Waals surface area (Å²) in [6.07, 6.45) is 0. The zero-order valence-corrected chi connectivity index (χ0v) is 11.1. The minimum atomic E-state index is -0.521. The second-order valence-corrected chi connectivity index (χ2v) is 4.95. The lowest BCUT2D eigenvalue weighted by Gasteiger charge is -2.32. The van der Waals surface area contributed by atoms with Gasteiger partial charge in [0, 0.05) is 5.54 Å². The molecule has 100 valence electrons. The Morgan fingerprint density at radius 1 is 1.44 bits per heavy atom. The van der Waals surface area contributed by atoms with Crippen LogP contribution in [0, 0.1) is 10.1 Å². The van der Waals surface area contributed by atoms with Crippen LogP contribution < -0.4 is 10.5 Å². The molecule has 2 N–H and O–H groups in total. The van der Waals surface area contributed by atoms with Crippen molar-refractivity contribution in [2.24, 2.45) is 0 Å². The van der Waals surface area contributed by atoms with Gasteiger partial charge in [0.1, 0.15) is 12.3 Å². The molecule has 0 fully saturated rings. The van der Waals surface area contributed by atoms with Crippen molar-refractivity contribution in [2.45, 2.75) is 19.4 Å². The lowest BCUT2D eigenvalue weighted by atomic mass is 10.1. The van der Waals surface area contributed by atoms with E-state index in [4.69, 9.17) is 10.5 Å². The van der Waals surface area contributed by atoms with Gasteiger partial charge >= 0.3 is 5.69 Å². The molecule has 1 rings (SSSR count). The van der Waals surface area contributed by atoms with Crippen molar-refractivity contribution in [3.05, 3.63) is 28.3 Å². The highest BCUT2D eigenvalue weighted by atomic mass is 16.6. The SMILES string of the molecule is CN(C)C(C)(C)COc1cccc(N)c1[N+](=O)[O-]. The highest BCUT2D eigenvalue weighted by Gasteiger charge is 2.25. The van der Waals surface area contributed by atoms with Crippen LogP contribution >= 0.6 is 0 Å². The molecule has 0 aromatic heterocycles. The molecule has 0 spiro atoms. The normalized spacial score (nSPS) is 11.6. The van der Waals surface area contributed by atoms with E-state index < -0.39 is 4.92 Å². The number of nitro groups is 1. The van der Waals surface area contributed by atoms with Crippen molar-refractivity contribution < 1.29 is 9.66 Å². The van der Waals surface area contributed by atoms with Crippen LogP contribution in [0.3, 0.4) is 0 Å². The van der Waals surface area contributed by atoms with Gasteiger partial charge in [0.25, 0.3) is 0 Å². The van der Waals surface area contributed by atoms with Crippen LogP contribution in [0.15, 0.2) is 18.2 Å². The van der Waals surface area contributed by atoms with E-state index >= 15 is 0 Å². The molecule has 18 heavy (non-hydrogen) atoms. The Bertz CT molecular complexity index is 444. The third-order valence-corrected chi connectivity index (χ3v) is 3.00. The molecule has 1 aromatic carbocycles. The summed E-state index contributed by atoms with van der Waals surface area (Å²) >= 11 is 0. The van der Waals surface area contributed by atoms with Gasteiger partial charge in [-0.1, -0.05) is 6.07 Å². The topological polar surface area (TPSA) is 81.6 Å². The molecule has 0 aliphatic carbocycles. The van der Waals surface area contributed by atoms with Gasteiger partial charge < -0.3 is 15.4 Å². The van der Waals surface area contributed by atoms with Gasteiger partial charge in [0.05, 0.1) is 4.92 Å². The van der Waals surface area contributed by atoms with E-state index in [1.807, 2.05) is 32.8 Å². The van der Waals surface area contributed by atoms with E-state index in [9.17, 15) is 10.1 Å². The monoisotopic (exact) mass is 253 g/mol. The van der Waals surface area contributed by atoms with Gasteiger partial charge in [-0.05, 0) is 40.1 Å². The standard InChI is InChI=1S/C12H19N3O3/c1-12(2,14(3)4)8-18-10-7-5-6-9(13)11(10)15(16)17/h5-7H,8,13H2,1-4H3. The molecule has 6 nitrogen and oxygen atoms in total. The molecule has 0 aliphatic heterocycles. The van der Waals surface area contributed by atoms with E-state index in [-0.39, 0.29) is 22.7 Å². The first-order valence-corrected chi connectivity index (χ1v) is 5.59. The molecule has 0 radical (unpaired) electrons. The number of anilines is 1. The van der Waals surface area contributed by atoms with E-state index in [0.717, 1.165) is 0 Å². The Balaban J connectivity index is 2.92. The summed E-state index contributed by atoms with van der Waals surface area (Å²) in [4.78, 5) is 12.4. The maximum Gasteiger partial charge on any atom is 0.333 e. The molecule has 0 amide bonds. The summed E-state index contributed by atoms with van der Waals surface area (Å²) in [6, 6.07) is 4.68. The van der Waals surface area contributed by atoms with Crippen LogP contribution in [0.25, 0.3) is 0 Å². The zero-order valence-electron chi connectivity index (χ0n) is 11.1. The minimum absolute atomic E-state index is 0.111. The lowest BCUT2D eigenvalue weighted by Crippen LogP contribution is -2.43. The van der Waals surface area contributed by atoms with Crippen LogP contribution in [0.1, 0.15) is 13.8 Å². The van der Waals surface area contributed by atoms with E-state index in [1.54, 1.807) is 12.1 Å². The molecule has 0 unspecified atom stereocenters. The summed E-state index contributed by atoms with van der Waals surface area (Å²) in [6.45, 7) is 4.32. The van der Waals surface area contributed by atoms with Crippen molar-refractivity contribution >= 4 is 11.4 Å². The second-order valence-electron chi connectivity index (χ2n) is 4.95. The second kappa shape index (κ2) is 5.22. The van der Waals surface area contributed by atoms with Gasteiger partial charge in [-0.3, -0.25) is 10.1 Å². The first-order valence-electron chi connectivity index (χ1n) is 5.59. The number of nitrogens with zero attached hydrogens (tertiary/aromatic N) is 2. The van der Waals surface area contributed by atoms with Gasteiger partial charge in [0.2, 0.25) is 0 Å². The Kier molecular flexibility index (Phi) is 4.13. The summed E-state index contributed by atoms with van der Waals surface area (Å²) in [5, 5.41) is 10.9. The van der Waals surface area contributed by atoms with E-state index in [0.29, 0.717) is 6.61 Å². The van der Waals surface area contributed by atoms with Crippen LogP contribution in [0.2, 0.25) is 0 Å². The minimum Gasteiger partial charge on any atom is -0.485 e. The van der Waals surface area contributed by atoms with Crippen molar-refractivity contribution in [3.63, 3.8) is 0 Å². The molecular formula is C12H19N3O3.